The molecule has 1 heterocycles. The van der Waals surface area contributed by atoms with Crippen molar-refractivity contribution in [3.05, 3.63) is 0 Å². The summed E-state index contributed by atoms with van der Waals surface area (Å²) in [4.78, 5) is 0. The van der Waals surface area contributed by atoms with E-state index in [1.165, 1.54) is 0 Å². The van der Waals surface area contributed by atoms with Gasteiger partial charge in [0.15, 0.2) is 0 Å². The van der Waals surface area contributed by atoms with Crippen LogP contribution in [0.3, 0.4) is 0 Å². The molecule has 0 bridgehead atoms. The summed E-state index contributed by atoms with van der Waals surface area (Å²) in [5.74, 6) is 3.70. The highest BCUT2D eigenvalue weighted by Crippen LogP contribution is 2.21. The molecule has 2 nitrogen and oxygen atoms in total. The largest absolute Gasteiger partial charge is 0.205 e. The molecule has 0 aromatic carbocycles. The molecule has 0 aromatic heterocycles. The van der Waals surface area contributed by atoms with E-state index >= 15 is 0 Å². The Bertz CT molecular complexity index is 129. The van der Waals surface area contributed by atoms with Crippen molar-refractivity contribution in [1.29, 1.82) is 0 Å². The molecule has 1 unspecified atom stereocenters. The van der Waals surface area contributed by atoms with Crippen LogP contribution < -0.4 is 4.13 Å². The minimum Gasteiger partial charge on any atom is -0.205 e. The first kappa shape index (κ1) is 5.34. The van der Waals surface area contributed by atoms with Gasteiger partial charge in [-0.1, -0.05) is 0 Å². The fraction of sp³-hybridized carbons (Fsp3) is 0.333. The van der Waals surface area contributed by atoms with E-state index in [-0.39, 0.29) is 10.9 Å². The van der Waals surface area contributed by atoms with Gasteiger partial charge in [0.2, 0.25) is 0 Å². The Balaban J connectivity index is 2.67. The highest BCUT2D eigenvalue weighted by Gasteiger charge is 2.00. The second kappa shape index (κ2) is 1.98. The summed E-state index contributed by atoms with van der Waals surface area (Å²) >= 11 is 1.56. The van der Waals surface area contributed by atoms with Crippen LogP contribution >= 0.6 is 22.8 Å². The number of rotatable bonds is 0. The van der Waals surface area contributed by atoms with Crippen molar-refractivity contribution < 1.29 is 0 Å². The van der Waals surface area contributed by atoms with Crippen LogP contribution in [-0.2, 0) is 0 Å². The molecule has 0 amide bonds. The number of hydrogen-bond acceptors (Lipinski definition) is 3. The quantitative estimate of drug-likeness (QED) is 0.397. The van der Waals surface area contributed by atoms with Crippen molar-refractivity contribution in [2.24, 2.45) is 4.40 Å². The van der Waals surface area contributed by atoms with Gasteiger partial charge in [0.25, 0.3) is 0 Å². The number of hydrogen-bond donors (Lipinski definition) is 1. The third-order valence-corrected chi connectivity index (χ3v) is 2.62. The highest BCUT2D eigenvalue weighted by atomic mass is 32.2. The second-order valence-corrected chi connectivity index (χ2v) is 3.53. The predicted octanol–water partition coefficient (Wildman–Crippen LogP) is 1.19. The van der Waals surface area contributed by atoms with E-state index in [1.54, 1.807) is 11.9 Å². The Hall–Kier alpha value is 0.200. The maximum Gasteiger partial charge on any atom is 0.0951 e. The standard InChI is InChI=1S/C3H6N2S2/c1-3-4-7(2)5-6-3/h5H,2H2,1H3. The van der Waals surface area contributed by atoms with Crippen molar-refractivity contribution in [2.75, 3.05) is 0 Å². The molecule has 7 heavy (non-hydrogen) atoms. The minimum absolute atomic E-state index is 0.152. The van der Waals surface area contributed by atoms with Crippen molar-refractivity contribution in [2.45, 2.75) is 6.92 Å². The average molecular weight is 134 g/mol. The number of nitrogens with one attached hydrogen (secondary N) is 1. The van der Waals surface area contributed by atoms with E-state index in [1.807, 2.05) is 6.92 Å². The lowest BCUT2D eigenvalue weighted by atomic mass is 10.9. The van der Waals surface area contributed by atoms with Gasteiger partial charge in [-0.2, -0.15) is 4.13 Å². The topological polar surface area (TPSA) is 24.4 Å². The van der Waals surface area contributed by atoms with Gasteiger partial charge in [-0.25, -0.2) is 4.40 Å². The van der Waals surface area contributed by atoms with Crippen molar-refractivity contribution in [1.82, 2.24) is 4.13 Å². The summed E-state index contributed by atoms with van der Waals surface area (Å²) in [6.45, 7) is 1.97. The molecule has 0 fully saturated rings. The van der Waals surface area contributed by atoms with Crippen molar-refractivity contribution in [3.63, 3.8) is 0 Å². The van der Waals surface area contributed by atoms with Crippen molar-refractivity contribution >= 4 is 33.7 Å². The van der Waals surface area contributed by atoms with E-state index in [4.69, 9.17) is 0 Å². The van der Waals surface area contributed by atoms with Crippen LogP contribution in [0.4, 0.5) is 0 Å². The van der Waals surface area contributed by atoms with Crippen LogP contribution in [-0.4, -0.2) is 10.9 Å². The predicted molar refractivity (Wildman–Crippen MR) is 38.5 cm³/mol. The van der Waals surface area contributed by atoms with Crippen molar-refractivity contribution in [3.8, 4) is 0 Å². The Labute approximate surface area is 49.7 Å². The lowest BCUT2D eigenvalue weighted by Gasteiger charge is -1.83. The van der Waals surface area contributed by atoms with E-state index < -0.39 is 0 Å². The zero-order valence-electron chi connectivity index (χ0n) is 3.97. The molecule has 1 aliphatic heterocycles. The summed E-state index contributed by atoms with van der Waals surface area (Å²) in [7, 11) is -0.152. The first-order valence-electron chi connectivity index (χ1n) is 1.81. The summed E-state index contributed by atoms with van der Waals surface area (Å²) in [5.41, 5.74) is 0. The summed E-state index contributed by atoms with van der Waals surface area (Å²) < 4.78 is 7.07. The molecular weight excluding hydrogens is 128 g/mol. The molecule has 1 N–H and O–H groups in total. The fourth-order valence-electron chi connectivity index (χ4n) is 0.301. The Morgan fingerprint density at radius 2 is 2.71 bits per heavy atom. The molecule has 0 saturated carbocycles. The molecule has 0 saturated heterocycles. The van der Waals surface area contributed by atoms with Gasteiger partial charge < -0.3 is 0 Å². The molecule has 1 aliphatic rings. The molecular formula is C3H6N2S2. The maximum absolute atomic E-state index is 4.07. The second-order valence-electron chi connectivity index (χ2n) is 1.16. The summed E-state index contributed by atoms with van der Waals surface area (Å²) in [6.07, 6.45) is 0. The lowest BCUT2D eigenvalue weighted by molar-refractivity contribution is 1.76. The molecule has 0 aliphatic carbocycles. The van der Waals surface area contributed by atoms with Gasteiger partial charge in [0, 0.05) is 10.9 Å². The van der Waals surface area contributed by atoms with Crippen LogP contribution in [0.15, 0.2) is 4.40 Å². The zero-order chi connectivity index (χ0) is 5.28. The van der Waals surface area contributed by atoms with Crippen LogP contribution in [0.1, 0.15) is 6.92 Å². The Kier molecular flexibility index (Phi) is 1.51. The molecule has 0 aromatic rings. The summed E-state index contributed by atoms with van der Waals surface area (Å²) in [5, 5.41) is 1.08. The Morgan fingerprint density at radius 3 is 2.86 bits per heavy atom. The van der Waals surface area contributed by atoms with E-state index in [0.29, 0.717) is 0 Å². The lowest BCUT2D eigenvalue weighted by Crippen LogP contribution is -1.83. The molecule has 40 valence electrons. The van der Waals surface area contributed by atoms with Gasteiger partial charge >= 0.3 is 0 Å². The third kappa shape index (κ3) is 1.29. The SMILES string of the molecule is C=S1N=C(C)SN1. The Morgan fingerprint density at radius 1 is 2.00 bits per heavy atom. The van der Waals surface area contributed by atoms with Gasteiger partial charge in [0.05, 0.1) is 5.04 Å². The van der Waals surface area contributed by atoms with Crippen LogP contribution in [0.5, 0.6) is 0 Å². The van der Waals surface area contributed by atoms with Gasteiger partial charge in [-0.3, -0.25) is 0 Å². The van der Waals surface area contributed by atoms with Gasteiger partial charge in [-0.15, -0.1) is 0 Å². The van der Waals surface area contributed by atoms with E-state index in [0.717, 1.165) is 5.04 Å². The molecule has 4 heteroatoms. The monoisotopic (exact) mass is 134 g/mol. The van der Waals surface area contributed by atoms with Gasteiger partial charge in [0.1, 0.15) is 0 Å². The highest BCUT2D eigenvalue weighted by molar-refractivity contribution is 8.29. The van der Waals surface area contributed by atoms with E-state index in [2.05, 4.69) is 14.4 Å². The first-order chi connectivity index (χ1) is 3.29. The maximum atomic E-state index is 4.07. The first-order valence-corrected chi connectivity index (χ1v) is 3.97. The fourth-order valence-corrected chi connectivity index (χ4v) is 2.05. The molecule has 0 radical (unpaired) electrons. The molecule has 0 spiro atoms. The molecule has 1 rings (SSSR count). The normalized spacial score (nSPS) is 30.4. The summed E-state index contributed by atoms with van der Waals surface area (Å²) in [6, 6.07) is 0. The van der Waals surface area contributed by atoms with Crippen LogP contribution in [0.2, 0.25) is 0 Å². The molecule has 1 atom stereocenters. The minimum atomic E-state index is -0.152. The zero-order valence-corrected chi connectivity index (χ0v) is 5.60. The van der Waals surface area contributed by atoms with E-state index in [9.17, 15) is 0 Å². The van der Waals surface area contributed by atoms with Crippen LogP contribution in [0.25, 0.3) is 0 Å². The third-order valence-electron chi connectivity index (χ3n) is 0.524. The van der Waals surface area contributed by atoms with Crippen LogP contribution in [0, 0.1) is 0 Å². The average Bonchev–Trinajstić information content (AvgIpc) is 1.87. The smallest absolute Gasteiger partial charge is 0.0951 e. The number of nitrogens with zero attached hydrogens (tertiary/aromatic N) is 1. The van der Waals surface area contributed by atoms with Gasteiger partial charge in [-0.05, 0) is 24.7 Å².